The zero-order chi connectivity index (χ0) is 32.2. The van der Waals surface area contributed by atoms with Gasteiger partial charge in [0.2, 0.25) is 5.95 Å². The summed E-state index contributed by atoms with van der Waals surface area (Å²) in [5, 5.41) is 15.3. The Morgan fingerprint density at radius 1 is 1.07 bits per heavy atom. The molecule has 2 heterocycles. The Kier molecular flexibility index (Phi) is 8.60. The van der Waals surface area contributed by atoms with Crippen LogP contribution in [0.4, 0.5) is 31.6 Å². The number of aliphatic hydroxyl groups is 1. The maximum Gasteiger partial charge on any atom is 0.435 e. The van der Waals surface area contributed by atoms with Crippen LogP contribution in [0.5, 0.6) is 0 Å². The Bertz CT molecular complexity index is 1380. The molecule has 11 nitrogen and oxygen atoms in total. The fourth-order valence-corrected chi connectivity index (χ4v) is 6.75. The van der Waals surface area contributed by atoms with Crippen LogP contribution in [0.1, 0.15) is 92.5 Å². The van der Waals surface area contributed by atoms with Crippen molar-refractivity contribution in [2.75, 3.05) is 16.8 Å². The van der Waals surface area contributed by atoms with Gasteiger partial charge in [-0.05, 0) is 106 Å². The van der Waals surface area contributed by atoms with Crippen molar-refractivity contribution < 1.29 is 28.6 Å². The van der Waals surface area contributed by atoms with Crippen LogP contribution in [0.25, 0.3) is 0 Å². The first kappa shape index (κ1) is 32.6. The van der Waals surface area contributed by atoms with Gasteiger partial charge in [-0.2, -0.15) is 9.67 Å². The molecule has 12 heteroatoms. The molecular weight excluding hydrogens is 555 g/mol. The summed E-state index contributed by atoms with van der Waals surface area (Å²) in [5.41, 5.74) is -2.02. The van der Waals surface area contributed by atoms with Crippen LogP contribution in [0.15, 0.2) is 6.07 Å². The highest BCUT2D eigenvalue weighted by Crippen LogP contribution is 2.48. The Hall–Kier alpha value is -3.28. The van der Waals surface area contributed by atoms with Crippen LogP contribution in [-0.4, -0.2) is 66.9 Å². The molecule has 2 aliphatic rings. The molecule has 2 aromatic rings. The Morgan fingerprint density at radius 3 is 2.30 bits per heavy atom. The normalized spacial score (nSPS) is 25.7. The third kappa shape index (κ3) is 7.27. The molecule has 43 heavy (non-hydrogen) atoms. The van der Waals surface area contributed by atoms with Crippen LogP contribution in [0.2, 0.25) is 0 Å². The van der Waals surface area contributed by atoms with Crippen molar-refractivity contribution in [2.24, 2.45) is 17.8 Å². The average Bonchev–Trinajstić information content (AvgIpc) is 3.19. The van der Waals surface area contributed by atoms with Crippen LogP contribution >= 0.6 is 0 Å². The fraction of sp³-hybridized carbons (Fsp3) is 0.710. The van der Waals surface area contributed by atoms with Crippen molar-refractivity contribution in [1.82, 2.24) is 19.7 Å². The maximum absolute atomic E-state index is 15.9. The van der Waals surface area contributed by atoms with E-state index in [-0.39, 0.29) is 41.2 Å². The molecule has 5 atom stereocenters. The standard InChI is InChI=1S/C31H47FN6O5/c1-17-12-20-14-21(16-31(10,41)15-20)24(17)36(11)26-33-19(3)23(32)25(34-26)37(27(39)42-29(4,5)6)22-13-18(2)38(35-22)28(40)43-30(7,8)9/h13,17,20-21,24,41H,12,14-16H2,1-11H3. The van der Waals surface area contributed by atoms with E-state index in [1.54, 1.807) is 48.5 Å². The fourth-order valence-electron chi connectivity index (χ4n) is 6.75. The lowest BCUT2D eigenvalue weighted by atomic mass is 9.61. The number of carbonyl (C=O) groups is 2. The van der Waals surface area contributed by atoms with Crippen molar-refractivity contribution in [3.63, 3.8) is 0 Å². The van der Waals surface area contributed by atoms with Crippen molar-refractivity contribution in [2.45, 2.75) is 118 Å². The van der Waals surface area contributed by atoms with E-state index in [1.807, 2.05) is 18.9 Å². The number of anilines is 3. The van der Waals surface area contributed by atoms with E-state index < -0.39 is 34.8 Å². The summed E-state index contributed by atoms with van der Waals surface area (Å²) in [6, 6.07) is 1.48. The van der Waals surface area contributed by atoms with Crippen molar-refractivity contribution >= 4 is 29.8 Å². The second-order valence-electron chi connectivity index (χ2n) is 14.7. The van der Waals surface area contributed by atoms with E-state index >= 15 is 4.39 Å². The van der Waals surface area contributed by atoms with Gasteiger partial charge in [-0.3, -0.25) is 0 Å². The minimum absolute atomic E-state index is 0.00401. The molecule has 2 fully saturated rings. The van der Waals surface area contributed by atoms with Crippen LogP contribution in [-0.2, 0) is 9.47 Å². The monoisotopic (exact) mass is 602 g/mol. The third-order valence-electron chi connectivity index (χ3n) is 8.05. The number of hydrogen-bond acceptors (Lipinski definition) is 9. The highest BCUT2D eigenvalue weighted by atomic mass is 19.1. The topological polar surface area (TPSA) is 123 Å². The number of nitrogens with zero attached hydrogens (tertiary/aromatic N) is 6. The summed E-state index contributed by atoms with van der Waals surface area (Å²) in [6.07, 6.45) is 1.74. The van der Waals surface area contributed by atoms with E-state index in [1.165, 1.54) is 13.0 Å². The van der Waals surface area contributed by atoms with Gasteiger partial charge in [-0.1, -0.05) is 6.92 Å². The van der Waals surface area contributed by atoms with E-state index in [9.17, 15) is 14.7 Å². The molecule has 2 bridgehead atoms. The van der Waals surface area contributed by atoms with Crippen LogP contribution in [0, 0.1) is 37.4 Å². The first-order valence-corrected chi connectivity index (χ1v) is 15.0. The van der Waals surface area contributed by atoms with Gasteiger partial charge in [0, 0.05) is 19.2 Å². The minimum atomic E-state index is -0.914. The smallest absolute Gasteiger partial charge is 0.435 e. The molecule has 4 rings (SSSR count). The largest absolute Gasteiger partial charge is 0.443 e. The van der Waals surface area contributed by atoms with Gasteiger partial charge in [0.25, 0.3) is 0 Å². The summed E-state index contributed by atoms with van der Waals surface area (Å²) in [4.78, 5) is 38.5. The number of aromatic nitrogens is 4. The van der Waals surface area contributed by atoms with Crippen LogP contribution < -0.4 is 9.80 Å². The Labute approximate surface area is 253 Å². The first-order chi connectivity index (χ1) is 19.7. The molecule has 0 aliphatic heterocycles. The molecule has 2 aromatic heterocycles. The van der Waals surface area contributed by atoms with E-state index in [0.29, 0.717) is 18.0 Å². The predicted molar refractivity (Wildman–Crippen MR) is 161 cm³/mol. The first-order valence-electron chi connectivity index (χ1n) is 15.0. The van der Waals surface area contributed by atoms with E-state index in [2.05, 4.69) is 22.0 Å². The maximum atomic E-state index is 15.9. The number of ether oxygens (including phenoxy) is 2. The van der Waals surface area contributed by atoms with E-state index in [4.69, 9.17) is 9.47 Å². The predicted octanol–water partition coefficient (Wildman–Crippen LogP) is 6.30. The molecule has 5 unspecified atom stereocenters. The zero-order valence-corrected chi connectivity index (χ0v) is 27.4. The molecular formula is C31H47FN6O5. The highest BCUT2D eigenvalue weighted by Gasteiger charge is 2.47. The number of amides is 1. The Balaban J connectivity index is 1.79. The van der Waals surface area contributed by atoms with Gasteiger partial charge in [-0.15, -0.1) is 5.10 Å². The van der Waals surface area contributed by atoms with Gasteiger partial charge >= 0.3 is 12.2 Å². The van der Waals surface area contributed by atoms with Crippen LogP contribution in [0.3, 0.4) is 0 Å². The lowest BCUT2D eigenvalue weighted by Crippen LogP contribution is -2.53. The summed E-state index contributed by atoms with van der Waals surface area (Å²) in [7, 11) is 1.88. The number of carbonyl (C=O) groups excluding carboxylic acids is 2. The lowest BCUT2D eigenvalue weighted by molar-refractivity contribution is -0.0534. The molecule has 2 aliphatic carbocycles. The Morgan fingerprint density at radius 2 is 1.70 bits per heavy atom. The molecule has 1 N–H and O–H groups in total. The van der Waals surface area contributed by atoms with Gasteiger partial charge in [-0.25, -0.2) is 23.9 Å². The van der Waals surface area contributed by atoms with Gasteiger partial charge in [0.1, 0.15) is 11.2 Å². The number of fused-ring (bicyclic) bond motifs is 2. The molecule has 0 aromatic carbocycles. The molecule has 2 saturated carbocycles. The quantitative estimate of drug-likeness (QED) is 0.430. The number of hydrogen-bond donors (Lipinski definition) is 1. The van der Waals surface area contributed by atoms with Gasteiger partial charge in [0.05, 0.1) is 17.0 Å². The number of rotatable bonds is 4. The number of aryl methyl sites for hydroxylation is 2. The molecule has 1 amide bonds. The van der Waals surface area contributed by atoms with Gasteiger partial charge < -0.3 is 19.5 Å². The summed E-state index contributed by atoms with van der Waals surface area (Å²) < 4.78 is 28.1. The molecule has 0 radical (unpaired) electrons. The van der Waals surface area contributed by atoms with Gasteiger partial charge in [0.15, 0.2) is 17.5 Å². The molecule has 0 spiro atoms. The van der Waals surface area contributed by atoms with Crippen molar-refractivity contribution in [3.8, 4) is 0 Å². The molecule has 238 valence electrons. The summed E-state index contributed by atoms with van der Waals surface area (Å²) in [5.74, 6) is -0.0257. The minimum Gasteiger partial charge on any atom is -0.443 e. The van der Waals surface area contributed by atoms with E-state index in [0.717, 1.165) is 28.8 Å². The lowest BCUT2D eigenvalue weighted by Gasteiger charge is -2.51. The second-order valence-corrected chi connectivity index (χ2v) is 14.7. The second kappa shape index (κ2) is 11.3. The summed E-state index contributed by atoms with van der Waals surface area (Å²) in [6.45, 7) is 17.5. The zero-order valence-electron chi connectivity index (χ0n) is 27.4. The molecule has 0 saturated heterocycles. The average molecular weight is 603 g/mol. The van der Waals surface area contributed by atoms with Crippen molar-refractivity contribution in [1.29, 1.82) is 0 Å². The number of halogens is 1. The third-order valence-corrected chi connectivity index (χ3v) is 8.05. The highest BCUT2D eigenvalue weighted by molar-refractivity contribution is 5.94. The SMILES string of the molecule is Cc1nc(N(C)C2C(C)CC3CC2CC(C)(O)C3)nc(N(C(=O)OC(C)(C)C)c2cc(C)n(C(=O)OC(C)(C)C)n2)c1F. The van der Waals surface area contributed by atoms with Crippen molar-refractivity contribution in [3.05, 3.63) is 23.3 Å². The summed E-state index contributed by atoms with van der Waals surface area (Å²) >= 11 is 0.